The second kappa shape index (κ2) is 7.43. The van der Waals surface area contributed by atoms with Crippen LogP contribution in [0.15, 0.2) is 46.9 Å². The molecule has 0 heterocycles. The molecule has 0 fully saturated rings. The summed E-state index contributed by atoms with van der Waals surface area (Å²) in [5.74, 6) is 0.224. The highest BCUT2D eigenvalue weighted by atomic mass is 79.9. The Morgan fingerprint density at radius 2 is 1.77 bits per heavy atom. The fourth-order valence-electron chi connectivity index (χ4n) is 2.59. The highest BCUT2D eigenvalue weighted by molar-refractivity contribution is 9.10. The molecule has 3 aromatic carbocycles. The standard InChI is InChI=1S/C19H15BrClNO4/c1-25-17-9-18(26-2)15(8-14(17)21)22-19(24)13-6-11-5-12(20)4-3-10(11)7-16(13)23/h3-9,23H,1-2H3,(H,22,24). The van der Waals surface area contributed by atoms with E-state index in [2.05, 4.69) is 21.2 Å². The normalized spacial score (nSPS) is 10.6. The highest BCUT2D eigenvalue weighted by Crippen LogP contribution is 2.36. The van der Waals surface area contributed by atoms with Crippen molar-refractivity contribution < 1.29 is 19.4 Å². The second-order valence-electron chi connectivity index (χ2n) is 5.50. The van der Waals surface area contributed by atoms with E-state index in [1.807, 2.05) is 18.2 Å². The van der Waals surface area contributed by atoms with Gasteiger partial charge in [0.25, 0.3) is 5.91 Å². The molecule has 7 heteroatoms. The van der Waals surface area contributed by atoms with E-state index < -0.39 is 5.91 Å². The summed E-state index contributed by atoms with van der Waals surface area (Å²) in [6, 6.07) is 11.9. The fourth-order valence-corrected chi connectivity index (χ4v) is 3.21. The minimum Gasteiger partial charge on any atom is -0.507 e. The Hall–Kier alpha value is -2.44. The zero-order valence-corrected chi connectivity index (χ0v) is 16.3. The molecule has 0 radical (unpaired) electrons. The summed E-state index contributed by atoms with van der Waals surface area (Å²) < 4.78 is 11.3. The summed E-state index contributed by atoms with van der Waals surface area (Å²) in [6.07, 6.45) is 0. The Morgan fingerprint density at radius 1 is 1.04 bits per heavy atom. The molecule has 0 spiro atoms. The van der Waals surface area contributed by atoms with E-state index in [-0.39, 0.29) is 11.3 Å². The molecule has 0 saturated carbocycles. The van der Waals surface area contributed by atoms with Crippen LogP contribution < -0.4 is 14.8 Å². The molecule has 1 amide bonds. The van der Waals surface area contributed by atoms with Gasteiger partial charge in [0, 0.05) is 10.5 Å². The quantitative estimate of drug-likeness (QED) is 0.587. The first-order valence-electron chi connectivity index (χ1n) is 7.58. The number of hydrogen-bond acceptors (Lipinski definition) is 4. The maximum Gasteiger partial charge on any atom is 0.259 e. The van der Waals surface area contributed by atoms with E-state index in [0.717, 1.165) is 15.2 Å². The summed E-state index contributed by atoms with van der Waals surface area (Å²) in [6.45, 7) is 0. The SMILES string of the molecule is COc1cc(OC)c(NC(=O)c2cc3cc(Br)ccc3cc2O)cc1Cl. The van der Waals surface area contributed by atoms with Gasteiger partial charge in [-0.05, 0) is 41.1 Å². The second-order valence-corrected chi connectivity index (χ2v) is 6.82. The number of benzene rings is 3. The Labute approximate surface area is 163 Å². The predicted octanol–water partition coefficient (Wildman–Crippen LogP) is 5.23. The molecule has 2 N–H and O–H groups in total. The average Bonchev–Trinajstić information content (AvgIpc) is 2.61. The molecule has 0 aliphatic carbocycles. The molecule has 0 saturated heterocycles. The van der Waals surface area contributed by atoms with Crippen LogP contribution in [0.2, 0.25) is 5.02 Å². The molecule has 5 nitrogen and oxygen atoms in total. The number of aromatic hydroxyl groups is 1. The molecule has 0 atom stereocenters. The fraction of sp³-hybridized carbons (Fsp3) is 0.105. The van der Waals surface area contributed by atoms with Crippen molar-refractivity contribution in [1.82, 2.24) is 0 Å². The number of rotatable bonds is 4. The van der Waals surface area contributed by atoms with Crippen LogP contribution in [0.4, 0.5) is 5.69 Å². The molecule has 0 aliphatic heterocycles. The van der Waals surface area contributed by atoms with Gasteiger partial charge in [0.2, 0.25) is 0 Å². The Bertz CT molecular complexity index is 1010. The first-order chi connectivity index (χ1) is 12.4. The minimum absolute atomic E-state index is 0.115. The number of hydrogen-bond donors (Lipinski definition) is 2. The number of amides is 1. The maximum absolute atomic E-state index is 12.7. The molecule has 0 aromatic heterocycles. The Kier molecular flexibility index (Phi) is 5.25. The average molecular weight is 437 g/mol. The number of nitrogens with one attached hydrogen (secondary N) is 1. The van der Waals surface area contributed by atoms with Gasteiger partial charge in [-0.3, -0.25) is 4.79 Å². The Morgan fingerprint density at radius 3 is 2.46 bits per heavy atom. The molecule has 0 bridgehead atoms. The summed E-state index contributed by atoms with van der Waals surface area (Å²) in [4.78, 5) is 12.7. The van der Waals surface area contributed by atoms with Crippen molar-refractivity contribution in [1.29, 1.82) is 0 Å². The molecule has 134 valence electrons. The van der Waals surface area contributed by atoms with Gasteiger partial charge in [-0.1, -0.05) is 33.6 Å². The Balaban J connectivity index is 1.99. The number of halogens is 2. The lowest BCUT2D eigenvalue weighted by molar-refractivity contribution is 0.102. The van der Waals surface area contributed by atoms with Crippen LogP contribution in [0.5, 0.6) is 17.2 Å². The van der Waals surface area contributed by atoms with Gasteiger partial charge in [-0.15, -0.1) is 0 Å². The van der Waals surface area contributed by atoms with E-state index in [4.69, 9.17) is 21.1 Å². The van der Waals surface area contributed by atoms with Crippen molar-refractivity contribution in [3.8, 4) is 17.2 Å². The molecule has 3 aromatic rings. The number of phenolic OH excluding ortho intramolecular Hbond substituents is 1. The molecule has 3 rings (SSSR count). The summed E-state index contributed by atoms with van der Waals surface area (Å²) >= 11 is 9.53. The van der Waals surface area contributed by atoms with E-state index in [1.165, 1.54) is 20.3 Å². The summed E-state index contributed by atoms with van der Waals surface area (Å²) in [7, 11) is 2.97. The smallest absolute Gasteiger partial charge is 0.259 e. The third kappa shape index (κ3) is 3.57. The van der Waals surface area contributed by atoms with Crippen LogP contribution >= 0.6 is 27.5 Å². The minimum atomic E-state index is -0.482. The molecule has 0 unspecified atom stereocenters. The number of carbonyl (C=O) groups excluding carboxylic acids is 1. The summed E-state index contributed by atoms with van der Waals surface area (Å²) in [5, 5.41) is 14.9. The van der Waals surface area contributed by atoms with Crippen molar-refractivity contribution in [2.45, 2.75) is 0 Å². The molecular weight excluding hydrogens is 422 g/mol. The lowest BCUT2D eigenvalue weighted by Crippen LogP contribution is -2.13. The number of ether oxygens (including phenoxy) is 2. The van der Waals surface area contributed by atoms with Crippen LogP contribution in [-0.4, -0.2) is 25.2 Å². The van der Waals surface area contributed by atoms with Crippen molar-refractivity contribution >= 4 is 49.9 Å². The van der Waals surface area contributed by atoms with Crippen LogP contribution in [0, 0.1) is 0 Å². The topological polar surface area (TPSA) is 67.8 Å². The molecule has 0 aliphatic rings. The van der Waals surface area contributed by atoms with E-state index in [1.54, 1.807) is 18.2 Å². The number of anilines is 1. The van der Waals surface area contributed by atoms with Crippen LogP contribution in [0.3, 0.4) is 0 Å². The first-order valence-corrected chi connectivity index (χ1v) is 8.75. The first kappa shape index (κ1) is 18.4. The van der Waals surface area contributed by atoms with Gasteiger partial charge in [0.05, 0.1) is 30.5 Å². The number of methoxy groups -OCH3 is 2. The molecular formula is C19H15BrClNO4. The summed E-state index contributed by atoms with van der Waals surface area (Å²) in [5.41, 5.74) is 0.515. The largest absolute Gasteiger partial charge is 0.507 e. The van der Waals surface area contributed by atoms with Crippen molar-refractivity contribution in [3.05, 3.63) is 57.5 Å². The lowest BCUT2D eigenvalue weighted by Gasteiger charge is -2.14. The van der Waals surface area contributed by atoms with E-state index >= 15 is 0 Å². The van der Waals surface area contributed by atoms with Crippen LogP contribution in [0.1, 0.15) is 10.4 Å². The van der Waals surface area contributed by atoms with Gasteiger partial charge in [0.15, 0.2) is 0 Å². The van der Waals surface area contributed by atoms with Gasteiger partial charge in [-0.25, -0.2) is 0 Å². The van der Waals surface area contributed by atoms with Gasteiger partial charge < -0.3 is 19.9 Å². The zero-order chi connectivity index (χ0) is 18.8. The van der Waals surface area contributed by atoms with Gasteiger partial charge >= 0.3 is 0 Å². The third-order valence-electron chi connectivity index (χ3n) is 3.88. The monoisotopic (exact) mass is 435 g/mol. The van der Waals surface area contributed by atoms with Crippen molar-refractivity contribution in [3.63, 3.8) is 0 Å². The van der Waals surface area contributed by atoms with Gasteiger partial charge in [-0.2, -0.15) is 0 Å². The van der Waals surface area contributed by atoms with Crippen molar-refractivity contribution in [2.75, 3.05) is 19.5 Å². The van der Waals surface area contributed by atoms with Gasteiger partial charge in [0.1, 0.15) is 17.2 Å². The number of phenols is 1. The van der Waals surface area contributed by atoms with Crippen LogP contribution in [-0.2, 0) is 0 Å². The highest BCUT2D eigenvalue weighted by Gasteiger charge is 2.17. The zero-order valence-electron chi connectivity index (χ0n) is 14.0. The van der Waals surface area contributed by atoms with Crippen molar-refractivity contribution in [2.24, 2.45) is 0 Å². The number of carbonyl (C=O) groups is 1. The third-order valence-corrected chi connectivity index (χ3v) is 4.67. The lowest BCUT2D eigenvalue weighted by atomic mass is 10.1. The number of fused-ring (bicyclic) bond motifs is 1. The predicted molar refractivity (Wildman–Crippen MR) is 106 cm³/mol. The maximum atomic E-state index is 12.7. The van der Waals surface area contributed by atoms with Crippen LogP contribution in [0.25, 0.3) is 10.8 Å². The van der Waals surface area contributed by atoms with E-state index in [9.17, 15) is 9.90 Å². The van der Waals surface area contributed by atoms with E-state index in [0.29, 0.717) is 22.2 Å². The molecule has 26 heavy (non-hydrogen) atoms.